The summed E-state index contributed by atoms with van der Waals surface area (Å²) < 4.78 is 0. The molecule has 0 unspecified atom stereocenters. The molecule has 1 heterocycles. The smallest absolute Gasteiger partial charge is 0.306 e. The van der Waals surface area contributed by atoms with Crippen LogP contribution in [-0.4, -0.2) is 41.1 Å². The number of carbonyl (C=O) groups excluding carboxylic acids is 2. The van der Waals surface area contributed by atoms with Crippen molar-refractivity contribution in [3.8, 4) is 0 Å². The Bertz CT molecular complexity index is 471. The maximum Gasteiger partial charge on any atom is 0.306 e. The lowest BCUT2D eigenvalue weighted by Gasteiger charge is -1.97. The monoisotopic (exact) mass is 271 g/mol. The van der Waals surface area contributed by atoms with E-state index < -0.39 is 5.97 Å². The van der Waals surface area contributed by atoms with Gasteiger partial charge in [0.15, 0.2) is 17.1 Å². The lowest BCUT2D eigenvalue weighted by Crippen LogP contribution is -2.06. The van der Waals surface area contributed by atoms with Crippen LogP contribution in [0.1, 0.15) is 12.1 Å². The van der Waals surface area contributed by atoms with Crippen LogP contribution in [0.15, 0.2) is 10.5 Å². The average Bonchev–Trinajstić information content (AvgIpc) is 2.78. The second-order valence-corrected chi connectivity index (χ2v) is 3.73. The molecule has 0 fully saturated rings. The topological polar surface area (TPSA) is 118 Å². The first-order valence-corrected chi connectivity index (χ1v) is 5.58. The standard InChI is InChI=1S/C9H9N3O5S/c13-3-6(12-17-2-1-8(15)16)7-4-18-9(11-7)10-5-14/h3-5H,1-2H2,(H,15,16)(H,10,11,14)/b12-6-. The fraction of sp³-hybridized carbons (Fsp3) is 0.222. The molecule has 0 radical (unpaired) electrons. The number of carbonyl (C=O) groups is 3. The Kier molecular flexibility index (Phi) is 5.45. The summed E-state index contributed by atoms with van der Waals surface area (Å²) in [5, 5.41) is 16.0. The van der Waals surface area contributed by atoms with Crippen molar-refractivity contribution >= 4 is 40.8 Å². The molecule has 1 rings (SSSR count). The molecule has 0 saturated heterocycles. The van der Waals surface area contributed by atoms with Crippen LogP contribution in [0.3, 0.4) is 0 Å². The van der Waals surface area contributed by atoms with Gasteiger partial charge in [-0.15, -0.1) is 11.3 Å². The van der Waals surface area contributed by atoms with Gasteiger partial charge in [0.2, 0.25) is 6.41 Å². The largest absolute Gasteiger partial charge is 0.481 e. The van der Waals surface area contributed by atoms with Crippen LogP contribution in [0, 0.1) is 0 Å². The van der Waals surface area contributed by atoms with E-state index in [-0.39, 0.29) is 24.4 Å². The number of amides is 1. The molecule has 0 aliphatic carbocycles. The van der Waals surface area contributed by atoms with Crippen molar-refractivity contribution in [2.45, 2.75) is 6.42 Å². The molecular formula is C9H9N3O5S. The number of oxime groups is 1. The van der Waals surface area contributed by atoms with Gasteiger partial charge in [-0.3, -0.25) is 14.4 Å². The van der Waals surface area contributed by atoms with E-state index in [4.69, 9.17) is 5.11 Å². The summed E-state index contributed by atoms with van der Waals surface area (Å²) in [7, 11) is 0. The molecule has 0 atom stereocenters. The molecule has 0 bridgehead atoms. The highest BCUT2D eigenvalue weighted by Gasteiger charge is 2.09. The van der Waals surface area contributed by atoms with E-state index in [2.05, 4.69) is 20.3 Å². The summed E-state index contributed by atoms with van der Waals surface area (Å²) in [6.07, 6.45) is 0.675. The minimum absolute atomic E-state index is 0.0735. The average molecular weight is 271 g/mol. The normalized spacial score (nSPS) is 10.8. The molecule has 0 aliphatic rings. The number of anilines is 1. The van der Waals surface area contributed by atoms with Gasteiger partial charge in [-0.25, -0.2) is 4.98 Å². The highest BCUT2D eigenvalue weighted by atomic mass is 32.1. The zero-order chi connectivity index (χ0) is 13.4. The highest BCUT2D eigenvalue weighted by Crippen LogP contribution is 2.14. The number of hydrogen-bond donors (Lipinski definition) is 2. The molecule has 1 aromatic heterocycles. The molecule has 96 valence electrons. The summed E-state index contributed by atoms with van der Waals surface area (Å²) in [6.45, 7) is -0.143. The number of aldehydes is 1. The number of aromatic nitrogens is 1. The van der Waals surface area contributed by atoms with Crippen molar-refractivity contribution in [1.82, 2.24) is 4.98 Å². The van der Waals surface area contributed by atoms with Gasteiger partial charge in [0, 0.05) is 5.38 Å². The zero-order valence-electron chi connectivity index (χ0n) is 9.03. The fourth-order valence-electron chi connectivity index (χ4n) is 0.885. The number of nitrogens with one attached hydrogen (secondary N) is 1. The van der Waals surface area contributed by atoms with Gasteiger partial charge in [0.25, 0.3) is 0 Å². The third-order valence-corrected chi connectivity index (χ3v) is 2.40. The fourth-order valence-corrected chi connectivity index (χ4v) is 1.55. The molecule has 18 heavy (non-hydrogen) atoms. The van der Waals surface area contributed by atoms with E-state index in [1.165, 1.54) is 5.38 Å². The summed E-state index contributed by atoms with van der Waals surface area (Å²) in [5.74, 6) is -1.02. The van der Waals surface area contributed by atoms with Gasteiger partial charge < -0.3 is 15.3 Å². The second-order valence-electron chi connectivity index (χ2n) is 2.87. The zero-order valence-corrected chi connectivity index (χ0v) is 9.85. The molecule has 0 spiro atoms. The molecule has 8 nitrogen and oxygen atoms in total. The van der Waals surface area contributed by atoms with E-state index in [0.29, 0.717) is 17.8 Å². The first kappa shape index (κ1) is 13.8. The Morgan fingerprint density at radius 2 is 2.39 bits per heavy atom. The Morgan fingerprint density at radius 3 is 3.00 bits per heavy atom. The Labute approximate surface area is 105 Å². The lowest BCUT2D eigenvalue weighted by molar-refractivity contribution is -0.138. The van der Waals surface area contributed by atoms with Gasteiger partial charge in [0.1, 0.15) is 12.3 Å². The second kappa shape index (κ2) is 7.12. The van der Waals surface area contributed by atoms with Crippen LogP contribution in [0.5, 0.6) is 0 Å². The van der Waals surface area contributed by atoms with E-state index >= 15 is 0 Å². The van der Waals surface area contributed by atoms with E-state index in [1.807, 2.05) is 0 Å². The summed E-state index contributed by atoms with van der Waals surface area (Å²) in [6, 6.07) is 0. The van der Waals surface area contributed by atoms with Crippen LogP contribution >= 0.6 is 11.3 Å². The number of aliphatic carboxylic acids is 1. The van der Waals surface area contributed by atoms with Gasteiger partial charge in [-0.05, 0) is 0 Å². The predicted molar refractivity (Wildman–Crippen MR) is 62.6 cm³/mol. The Balaban J connectivity index is 2.63. The third-order valence-electron chi connectivity index (χ3n) is 1.63. The van der Waals surface area contributed by atoms with Crippen LogP contribution in [0.2, 0.25) is 0 Å². The molecule has 9 heteroatoms. The lowest BCUT2D eigenvalue weighted by atomic mass is 10.3. The number of carboxylic acids is 1. The van der Waals surface area contributed by atoms with Gasteiger partial charge in [-0.1, -0.05) is 5.16 Å². The number of carboxylic acid groups (broad SMARTS) is 1. The number of nitrogens with zero attached hydrogens (tertiary/aromatic N) is 2. The first-order valence-electron chi connectivity index (χ1n) is 4.70. The quantitative estimate of drug-likeness (QED) is 0.300. The van der Waals surface area contributed by atoms with E-state index in [9.17, 15) is 14.4 Å². The van der Waals surface area contributed by atoms with Gasteiger partial charge in [0.05, 0.1) is 6.42 Å². The molecular weight excluding hydrogens is 262 g/mol. The summed E-state index contributed by atoms with van der Waals surface area (Å²) in [5.41, 5.74) is 0.172. The summed E-state index contributed by atoms with van der Waals surface area (Å²) >= 11 is 1.12. The number of hydrogen-bond acceptors (Lipinski definition) is 7. The van der Waals surface area contributed by atoms with Crippen molar-refractivity contribution in [2.24, 2.45) is 5.16 Å². The summed E-state index contributed by atoms with van der Waals surface area (Å²) in [4.78, 5) is 39.7. The number of rotatable bonds is 8. The van der Waals surface area contributed by atoms with Crippen LogP contribution in [0.4, 0.5) is 5.13 Å². The van der Waals surface area contributed by atoms with E-state index in [0.717, 1.165) is 11.3 Å². The minimum Gasteiger partial charge on any atom is -0.481 e. The van der Waals surface area contributed by atoms with Crippen LogP contribution in [0.25, 0.3) is 0 Å². The van der Waals surface area contributed by atoms with Gasteiger partial charge >= 0.3 is 5.97 Å². The van der Waals surface area contributed by atoms with Crippen LogP contribution < -0.4 is 5.32 Å². The number of thiazole rings is 1. The first-order chi connectivity index (χ1) is 8.67. The Morgan fingerprint density at radius 1 is 1.61 bits per heavy atom. The maximum atomic E-state index is 10.7. The van der Waals surface area contributed by atoms with Gasteiger partial charge in [-0.2, -0.15) is 0 Å². The van der Waals surface area contributed by atoms with Crippen molar-refractivity contribution in [2.75, 3.05) is 11.9 Å². The molecule has 2 N–H and O–H groups in total. The maximum absolute atomic E-state index is 10.7. The molecule has 1 amide bonds. The predicted octanol–water partition coefficient (Wildman–Crippen LogP) is 0.106. The Hall–Kier alpha value is -2.29. The molecule has 0 aliphatic heterocycles. The SMILES string of the molecule is O=CNc1nc(/C(C=O)=N\OCCC(=O)O)cs1. The molecule has 0 saturated carbocycles. The van der Waals surface area contributed by atoms with Crippen molar-refractivity contribution < 1.29 is 24.3 Å². The van der Waals surface area contributed by atoms with Crippen molar-refractivity contribution in [3.63, 3.8) is 0 Å². The molecule has 1 aromatic rings. The minimum atomic E-state index is -1.02. The van der Waals surface area contributed by atoms with E-state index in [1.54, 1.807) is 0 Å². The van der Waals surface area contributed by atoms with Crippen molar-refractivity contribution in [3.05, 3.63) is 11.1 Å². The third kappa shape index (κ3) is 4.29. The van der Waals surface area contributed by atoms with Crippen molar-refractivity contribution in [1.29, 1.82) is 0 Å². The molecule has 0 aromatic carbocycles. The van der Waals surface area contributed by atoms with Crippen LogP contribution in [-0.2, 0) is 19.2 Å². The highest BCUT2D eigenvalue weighted by molar-refractivity contribution is 7.14.